The Kier molecular flexibility index (Phi) is 4.25. The minimum atomic E-state index is 0.860. The lowest BCUT2D eigenvalue weighted by Gasteiger charge is -2.33. The minimum Gasteiger partial charge on any atom is -0.497 e. The van der Waals surface area contributed by atoms with Crippen molar-refractivity contribution in [3.63, 3.8) is 0 Å². The first-order valence-corrected chi connectivity index (χ1v) is 11.1. The molecule has 0 fully saturated rings. The van der Waals surface area contributed by atoms with E-state index < -0.39 is 0 Å². The summed E-state index contributed by atoms with van der Waals surface area (Å²) in [5.41, 5.74) is 5.91. The number of pyridine rings is 1. The molecule has 0 radical (unpaired) electrons. The fourth-order valence-electron chi connectivity index (χ4n) is 4.25. The molecule has 0 amide bonds. The summed E-state index contributed by atoms with van der Waals surface area (Å²) >= 11 is 1.83. The molecule has 0 aliphatic carbocycles. The molecule has 1 aliphatic heterocycles. The van der Waals surface area contributed by atoms with E-state index in [9.17, 15) is 0 Å². The summed E-state index contributed by atoms with van der Waals surface area (Å²) in [5.74, 6) is 2.00. The van der Waals surface area contributed by atoms with Crippen LogP contribution in [0.3, 0.4) is 0 Å². The van der Waals surface area contributed by atoms with Crippen molar-refractivity contribution in [3.05, 3.63) is 103 Å². The molecular weight excluding hydrogens is 400 g/mol. The Hall–Kier alpha value is -3.63. The lowest BCUT2D eigenvalue weighted by Crippen LogP contribution is -2.17. The largest absolute Gasteiger partial charge is 0.497 e. The van der Waals surface area contributed by atoms with Crippen LogP contribution in [-0.4, -0.2) is 11.5 Å². The van der Waals surface area contributed by atoms with Crippen LogP contribution >= 0.6 is 11.8 Å². The first-order valence-electron chi connectivity index (χ1n) is 10.2. The molecule has 3 aromatic carbocycles. The molecule has 150 valence electrons. The Morgan fingerprint density at radius 3 is 2.03 bits per heavy atom. The number of rotatable bonds is 3. The molecule has 4 heteroatoms. The number of para-hydroxylation sites is 2. The van der Waals surface area contributed by atoms with Crippen LogP contribution in [0.1, 0.15) is 0 Å². The molecule has 2 aromatic heterocycles. The van der Waals surface area contributed by atoms with E-state index >= 15 is 0 Å². The van der Waals surface area contributed by atoms with Crippen LogP contribution < -0.4 is 9.64 Å². The highest BCUT2D eigenvalue weighted by Crippen LogP contribution is 2.53. The lowest BCUT2D eigenvalue weighted by molar-refractivity contribution is 0.415. The quantitative estimate of drug-likeness (QED) is 0.294. The number of hydrogen-bond acceptors (Lipinski definition) is 3. The van der Waals surface area contributed by atoms with Crippen molar-refractivity contribution in [2.45, 2.75) is 9.79 Å². The number of anilines is 3. The first-order chi connectivity index (χ1) is 15.3. The highest BCUT2D eigenvalue weighted by Gasteiger charge is 2.28. The number of methoxy groups -OCH3 is 1. The summed E-state index contributed by atoms with van der Waals surface area (Å²) in [6.45, 7) is 0. The van der Waals surface area contributed by atoms with Gasteiger partial charge in [0.05, 0.1) is 18.5 Å². The molecule has 0 saturated carbocycles. The molecule has 0 N–H and O–H groups in total. The van der Waals surface area contributed by atoms with Gasteiger partial charge in [-0.1, -0.05) is 54.2 Å². The second-order valence-corrected chi connectivity index (χ2v) is 8.56. The Morgan fingerprint density at radius 2 is 1.35 bits per heavy atom. The van der Waals surface area contributed by atoms with E-state index in [1.165, 1.54) is 26.7 Å². The lowest BCUT2D eigenvalue weighted by atomic mass is 10.1. The zero-order valence-corrected chi connectivity index (χ0v) is 17.8. The maximum absolute atomic E-state index is 5.39. The maximum atomic E-state index is 5.39. The fourth-order valence-corrected chi connectivity index (χ4v) is 5.31. The van der Waals surface area contributed by atoms with Gasteiger partial charge < -0.3 is 9.14 Å². The van der Waals surface area contributed by atoms with Crippen LogP contribution in [0.2, 0.25) is 0 Å². The molecule has 6 rings (SSSR count). The number of nitrogens with zero attached hydrogens (tertiary/aromatic N) is 2. The number of hydrogen-bond donors (Lipinski definition) is 0. The van der Waals surface area contributed by atoms with E-state index in [4.69, 9.17) is 4.74 Å². The number of ether oxygens (including phenoxy) is 1. The molecule has 1 aliphatic rings. The van der Waals surface area contributed by atoms with Gasteiger partial charge in [-0.3, -0.25) is 4.90 Å². The predicted octanol–water partition coefficient (Wildman–Crippen LogP) is 7.55. The third-order valence-corrected chi connectivity index (χ3v) is 6.83. The zero-order valence-electron chi connectivity index (χ0n) is 17.0. The third kappa shape index (κ3) is 2.91. The van der Waals surface area contributed by atoms with E-state index in [0.29, 0.717) is 0 Å². The van der Waals surface area contributed by atoms with Gasteiger partial charge in [-0.2, -0.15) is 0 Å². The topological polar surface area (TPSA) is 16.9 Å². The molecule has 0 atom stereocenters. The van der Waals surface area contributed by atoms with Crippen molar-refractivity contribution in [1.82, 2.24) is 4.40 Å². The average Bonchev–Trinajstić information content (AvgIpc) is 3.22. The van der Waals surface area contributed by atoms with Gasteiger partial charge in [0.1, 0.15) is 11.6 Å². The van der Waals surface area contributed by atoms with Crippen molar-refractivity contribution >= 4 is 34.5 Å². The van der Waals surface area contributed by atoms with Crippen LogP contribution in [0.25, 0.3) is 16.6 Å². The molecule has 0 spiro atoms. The standard InChI is InChI=1S/C27H20N2OS/c1-30-21-15-13-19(14-16-21)22-18-20-8-6-7-17-28(20)27(22)29-23-9-2-4-11-25(23)31-26-12-5-3-10-24(26)29/h2-18H,1H3. The SMILES string of the molecule is COc1ccc(-c2cc3ccccn3c2N2c3ccccc3Sc3ccccc32)cc1. The third-order valence-electron chi connectivity index (χ3n) is 5.70. The highest BCUT2D eigenvalue weighted by atomic mass is 32.2. The summed E-state index contributed by atoms with van der Waals surface area (Å²) in [4.78, 5) is 4.91. The normalized spacial score (nSPS) is 12.5. The van der Waals surface area contributed by atoms with Crippen LogP contribution in [0.5, 0.6) is 5.75 Å². The second kappa shape index (κ2) is 7.25. The van der Waals surface area contributed by atoms with E-state index in [2.05, 4.69) is 100 Å². The van der Waals surface area contributed by atoms with E-state index in [1.807, 2.05) is 23.9 Å². The summed E-state index contributed by atoms with van der Waals surface area (Å²) in [6, 6.07) is 34.2. The van der Waals surface area contributed by atoms with Gasteiger partial charge in [-0.05, 0) is 60.2 Å². The Morgan fingerprint density at radius 1 is 0.710 bits per heavy atom. The molecule has 0 unspecified atom stereocenters. The van der Waals surface area contributed by atoms with Gasteiger partial charge in [-0.25, -0.2) is 0 Å². The number of aromatic nitrogens is 1. The van der Waals surface area contributed by atoms with Gasteiger partial charge in [0, 0.05) is 27.1 Å². The Balaban J connectivity index is 1.67. The van der Waals surface area contributed by atoms with Gasteiger partial charge in [0.15, 0.2) is 0 Å². The molecule has 0 bridgehead atoms. The van der Waals surface area contributed by atoms with Crippen LogP contribution in [0.4, 0.5) is 17.2 Å². The molecule has 5 aromatic rings. The zero-order chi connectivity index (χ0) is 20.8. The summed E-state index contributed by atoms with van der Waals surface area (Å²) in [5, 5.41) is 0. The monoisotopic (exact) mass is 420 g/mol. The van der Waals surface area contributed by atoms with Crippen molar-refractivity contribution in [2.75, 3.05) is 12.0 Å². The second-order valence-electron chi connectivity index (χ2n) is 7.48. The molecular formula is C27H20N2OS. The first kappa shape index (κ1) is 18.2. The summed E-state index contributed by atoms with van der Waals surface area (Å²) in [6.07, 6.45) is 2.14. The van der Waals surface area contributed by atoms with Crippen LogP contribution in [-0.2, 0) is 0 Å². The van der Waals surface area contributed by atoms with E-state index in [1.54, 1.807) is 7.11 Å². The molecule has 0 saturated heterocycles. The van der Waals surface area contributed by atoms with Crippen molar-refractivity contribution in [2.24, 2.45) is 0 Å². The predicted molar refractivity (Wildman–Crippen MR) is 128 cm³/mol. The summed E-state index contributed by atoms with van der Waals surface area (Å²) in [7, 11) is 1.70. The van der Waals surface area contributed by atoms with E-state index in [-0.39, 0.29) is 0 Å². The molecule has 3 nitrogen and oxygen atoms in total. The van der Waals surface area contributed by atoms with Crippen molar-refractivity contribution in [1.29, 1.82) is 0 Å². The van der Waals surface area contributed by atoms with Crippen LogP contribution in [0, 0.1) is 0 Å². The Bertz CT molecular complexity index is 1360. The van der Waals surface area contributed by atoms with Crippen molar-refractivity contribution in [3.8, 4) is 16.9 Å². The smallest absolute Gasteiger partial charge is 0.130 e. The highest BCUT2D eigenvalue weighted by molar-refractivity contribution is 7.99. The van der Waals surface area contributed by atoms with Crippen LogP contribution in [0.15, 0.2) is 113 Å². The minimum absolute atomic E-state index is 0.860. The van der Waals surface area contributed by atoms with Gasteiger partial charge in [-0.15, -0.1) is 0 Å². The number of fused-ring (bicyclic) bond motifs is 3. The van der Waals surface area contributed by atoms with Crippen molar-refractivity contribution < 1.29 is 4.74 Å². The number of benzene rings is 3. The maximum Gasteiger partial charge on any atom is 0.130 e. The average molecular weight is 421 g/mol. The van der Waals surface area contributed by atoms with E-state index in [0.717, 1.165) is 22.6 Å². The summed E-state index contributed by atoms with van der Waals surface area (Å²) < 4.78 is 7.67. The Labute approximate surface area is 185 Å². The van der Waals surface area contributed by atoms with Gasteiger partial charge in [0.25, 0.3) is 0 Å². The van der Waals surface area contributed by atoms with Gasteiger partial charge >= 0.3 is 0 Å². The molecule has 31 heavy (non-hydrogen) atoms. The molecule has 3 heterocycles. The van der Waals surface area contributed by atoms with Gasteiger partial charge in [0.2, 0.25) is 0 Å². The fraction of sp³-hybridized carbons (Fsp3) is 0.0370.